The Kier molecular flexibility index (Phi) is 7.44. The molecule has 1 aromatic heterocycles. The van der Waals surface area contributed by atoms with Crippen LogP contribution in [0.25, 0.3) is 6.08 Å². The highest BCUT2D eigenvalue weighted by Gasteiger charge is 2.34. The van der Waals surface area contributed by atoms with Gasteiger partial charge in [0.1, 0.15) is 5.76 Å². The number of amides is 2. The lowest BCUT2D eigenvalue weighted by Crippen LogP contribution is -2.43. The van der Waals surface area contributed by atoms with Gasteiger partial charge in [0.05, 0.1) is 17.8 Å². The first-order valence-corrected chi connectivity index (χ1v) is 10.7. The monoisotopic (exact) mass is 382 g/mol. The van der Waals surface area contributed by atoms with Crippen LogP contribution in [-0.2, 0) is 19.4 Å². The van der Waals surface area contributed by atoms with Gasteiger partial charge in [-0.15, -0.1) is 0 Å². The summed E-state index contributed by atoms with van der Waals surface area (Å²) < 4.78 is 28.5. The minimum atomic E-state index is -3.04. The van der Waals surface area contributed by atoms with Gasteiger partial charge in [0.15, 0.2) is 9.84 Å². The second kappa shape index (κ2) is 9.56. The first kappa shape index (κ1) is 20.2. The molecule has 1 atom stereocenters. The third-order valence-electron chi connectivity index (χ3n) is 4.30. The molecule has 144 valence electrons. The summed E-state index contributed by atoms with van der Waals surface area (Å²) in [5.41, 5.74) is 0. The number of hydrogen-bond acceptors (Lipinski definition) is 5. The summed E-state index contributed by atoms with van der Waals surface area (Å²) in [5, 5.41) is 2.66. The van der Waals surface area contributed by atoms with Crippen LogP contribution < -0.4 is 5.32 Å². The number of nitrogens with one attached hydrogen (secondary N) is 1. The Balaban J connectivity index is 1.81. The minimum absolute atomic E-state index is 0.0424. The van der Waals surface area contributed by atoms with Gasteiger partial charge in [-0.3, -0.25) is 9.59 Å². The Morgan fingerprint density at radius 1 is 1.42 bits per heavy atom. The molecule has 26 heavy (non-hydrogen) atoms. The maximum Gasteiger partial charge on any atom is 0.244 e. The first-order valence-electron chi connectivity index (χ1n) is 8.90. The fourth-order valence-electron chi connectivity index (χ4n) is 2.90. The number of carbonyl (C=O) groups excluding carboxylic acids is 2. The van der Waals surface area contributed by atoms with E-state index in [9.17, 15) is 18.0 Å². The van der Waals surface area contributed by atoms with Gasteiger partial charge < -0.3 is 14.6 Å². The number of sulfone groups is 1. The van der Waals surface area contributed by atoms with Crippen molar-refractivity contribution in [2.24, 2.45) is 0 Å². The molecule has 2 amide bonds. The van der Waals surface area contributed by atoms with Crippen molar-refractivity contribution < 1.29 is 22.4 Å². The summed E-state index contributed by atoms with van der Waals surface area (Å²) in [4.78, 5) is 26.0. The number of unbranched alkanes of at least 4 members (excludes halogenated alkanes) is 1. The van der Waals surface area contributed by atoms with Crippen LogP contribution in [0, 0.1) is 0 Å². The van der Waals surface area contributed by atoms with Gasteiger partial charge in [0, 0.05) is 31.6 Å². The number of nitrogens with zero attached hydrogens (tertiary/aromatic N) is 1. The summed E-state index contributed by atoms with van der Waals surface area (Å²) in [6.45, 7) is 2.80. The Morgan fingerprint density at radius 3 is 2.85 bits per heavy atom. The molecular formula is C18H26N2O5S. The third-order valence-corrected chi connectivity index (χ3v) is 6.05. The van der Waals surface area contributed by atoms with Gasteiger partial charge in [-0.25, -0.2) is 8.42 Å². The van der Waals surface area contributed by atoms with Crippen LogP contribution in [0.2, 0.25) is 0 Å². The Bertz CT molecular complexity index is 725. The van der Waals surface area contributed by atoms with Crippen LogP contribution in [0.5, 0.6) is 0 Å². The number of hydrogen-bond donors (Lipinski definition) is 1. The highest BCUT2D eigenvalue weighted by atomic mass is 32.2. The lowest BCUT2D eigenvalue weighted by atomic mass is 10.2. The molecule has 0 spiro atoms. The van der Waals surface area contributed by atoms with E-state index in [-0.39, 0.29) is 42.3 Å². The SMILES string of the molecule is CCCCN(C(=O)CCNC(=O)/C=C/c1ccco1)C1CCS(=O)(=O)C1. The molecule has 1 N–H and O–H groups in total. The van der Waals surface area contributed by atoms with Gasteiger partial charge in [0.2, 0.25) is 11.8 Å². The topological polar surface area (TPSA) is 96.7 Å². The van der Waals surface area contributed by atoms with Crippen molar-refractivity contribution in [1.82, 2.24) is 10.2 Å². The molecule has 7 nitrogen and oxygen atoms in total. The summed E-state index contributed by atoms with van der Waals surface area (Å²) in [6, 6.07) is 3.22. The molecule has 1 aliphatic rings. The van der Waals surface area contributed by atoms with Gasteiger partial charge in [-0.2, -0.15) is 0 Å². The van der Waals surface area contributed by atoms with Crippen LogP contribution in [0.15, 0.2) is 28.9 Å². The molecule has 0 aliphatic carbocycles. The quantitative estimate of drug-likeness (QED) is 0.655. The maximum absolute atomic E-state index is 12.5. The molecule has 2 rings (SSSR count). The maximum atomic E-state index is 12.5. The second-order valence-electron chi connectivity index (χ2n) is 6.39. The van der Waals surface area contributed by atoms with E-state index < -0.39 is 9.84 Å². The number of carbonyl (C=O) groups is 2. The molecule has 0 radical (unpaired) electrons. The highest BCUT2D eigenvalue weighted by molar-refractivity contribution is 7.91. The minimum Gasteiger partial charge on any atom is -0.465 e. The lowest BCUT2D eigenvalue weighted by Gasteiger charge is -2.28. The predicted octanol–water partition coefficient (Wildman–Crippen LogP) is 1.61. The zero-order valence-electron chi connectivity index (χ0n) is 15.0. The highest BCUT2D eigenvalue weighted by Crippen LogP contribution is 2.19. The smallest absolute Gasteiger partial charge is 0.244 e. The molecule has 1 unspecified atom stereocenters. The molecule has 2 heterocycles. The van der Waals surface area contributed by atoms with E-state index in [4.69, 9.17) is 4.42 Å². The van der Waals surface area contributed by atoms with Crippen LogP contribution in [0.1, 0.15) is 38.4 Å². The van der Waals surface area contributed by atoms with Crippen molar-refractivity contribution in [3.05, 3.63) is 30.2 Å². The average Bonchev–Trinajstić information content (AvgIpc) is 3.23. The van der Waals surface area contributed by atoms with Crippen molar-refractivity contribution in [2.45, 2.75) is 38.6 Å². The van der Waals surface area contributed by atoms with E-state index in [1.807, 2.05) is 6.92 Å². The van der Waals surface area contributed by atoms with E-state index in [0.717, 1.165) is 12.8 Å². The number of rotatable bonds is 9. The van der Waals surface area contributed by atoms with Crippen molar-refractivity contribution in [3.63, 3.8) is 0 Å². The average molecular weight is 382 g/mol. The van der Waals surface area contributed by atoms with Gasteiger partial charge in [0.25, 0.3) is 0 Å². The first-order chi connectivity index (χ1) is 12.4. The summed E-state index contributed by atoms with van der Waals surface area (Å²) in [5.74, 6) is 0.334. The molecule has 0 bridgehead atoms. The summed E-state index contributed by atoms with van der Waals surface area (Å²) in [6.07, 6.45) is 6.83. The van der Waals surface area contributed by atoms with Crippen LogP contribution in [0.3, 0.4) is 0 Å². The van der Waals surface area contributed by atoms with Crippen molar-refractivity contribution >= 4 is 27.7 Å². The Hall–Kier alpha value is -2.09. The van der Waals surface area contributed by atoms with Gasteiger partial charge >= 0.3 is 0 Å². The van der Waals surface area contributed by atoms with Crippen LogP contribution in [0.4, 0.5) is 0 Å². The van der Waals surface area contributed by atoms with E-state index >= 15 is 0 Å². The standard InChI is InChI=1S/C18H26N2O5S/c1-2-3-11-20(15-9-13-26(23,24)14-15)18(22)8-10-19-17(21)7-6-16-5-4-12-25-16/h4-7,12,15H,2-3,8-11,13-14H2,1H3,(H,19,21)/b7-6+. The summed E-state index contributed by atoms with van der Waals surface area (Å²) in [7, 11) is -3.04. The van der Waals surface area contributed by atoms with E-state index in [2.05, 4.69) is 5.32 Å². The predicted molar refractivity (Wildman–Crippen MR) is 99.0 cm³/mol. The van der Waals surface area contributed by atoms with E-state index in [0.29, 0.717) is 18.7 Å². The van der Waals surface area contributed by atoms with Crippen molar-refractivity contribution in [1.29, 1.82) is 0 Å². The van der Waals surface area contributed by atoms with Crippen LogP contribution in [-0.4, -0.2) is 55.8 Å². The zero-order chi connectivity index (χ0) is 19.0. The molecule has 1 fully saturated rings. The molecule has 1 aliphatic heterocycles. The molecule has 8 heteroatoms. The Morgan fingerprint density at radius 2 is 2.23 bits per heavy atom. The number of furan rings is 1. The molecular weight excluding hydrogens is 356 g/mol. The fraction of sp³-hybridized carbons (Fsp3) is 0.556. The lowest BCUT2D eigenvalue weighted by molar-refractivity contribution is -0.133. The van der Waals surface area contributed by atoms with Gasteiger partial charge in [-0.05, 0) is 31.1 Å². The third kappa shape index (κ3) is 6.33. The molecule has 1 aromatic rings. The second-order valence-corrected chi connectivity index (χ2v) is 8.62. The molecule has 0 aromatic carbocycles. The van der Waals surface area contributed by atoms with Crippen molar-refractivity contribution in [3.8, 4) is 0 Å². The normalized spacial score (nSPS) is 18.9. The van der Waals surface area contributed by atoms with Crippen molar-refractivity contribution in [2.75, 3.05) is 24.6 Å². The largest absolute Gasteiger partial charge is 0.465 e. The zero-order valence-corrected chi connectivity index (χ0v) is 15.8. The fourth-order valence-corrected chi connectivity index (χ4v) is 4.63. The Labute approximate surface area is 154 Å². The van der Waals surface area contributed by atoms with E-state index in [1.54, 1.807) is 23.1 Å². The molecule has 0 saturated carbocycles. The molecule has 1 saturated heterocycles. The summed E-state index contributed by atoms with van der Waals surface area (Å²) >= 11 is 0. The van der Waals surface area contributed by atoms with E-state index in [1.165, 1.54) is 12.3 Å². The van der Waals surface area contributed by atoms with Gasteiger partial charge in [-0.1, -0.05) is 13.3 Å². The van der Waals surface area contributed by atoms with Crippen LogP contribution >= 0.6 is 0 Å².